The molecule has 0 spiro atoms. The van der Waals surface area contributed by atoms with Crippen LogP contribution >= 0.6 is 0 Å². The highest BCUT2D eigenvalue weighted by atomic mass is 16.2. The minimum Gasteiger partial charge on any atom is -0.340 e. The molecule has 2 aromatic rings. The van der Waals surface area contributed by atoms with Gasteiger partial charge in [-0.15, -0.1) is 0 Å². The normalized spacial score (nSPS) is 22.2. The van der Waals surface area contributed by atoms with Crippen molar-refractivity contribution in [3.63, 3.8) is 0 Å². The van der Waals surface area contributed by atoms with Gasteiger partial charge in [0.1, 0.15) is 5.82 Å². The molecule has 2 saturated heterocycles. The number of benzene rings is 1. The van der Waals surface area contributed by atoms with E-state index in [0.717, 1.165) is 68.7 Å². The highest BCUT2D eigenvalue weighted by Gasteiger charge is 2.35. The van der Waals surface area contributed by atoms with Crippen LogP contribution in [0, 0.1) is 23.7 Å². The van der Waals surface area contributed by atoms with Crippen LogP contribution in [0.15, 0.2) is 18.2 Å². The van der Waals surface area contributed by atoms with Crippen molar-refractivity contribution in [2.75, 3.05) is 19.6 Å². The third kappa shape index (κ3) is 5.61. The summed E-state index contributed by atoms with van der Waals surface area (Å²) in [6.07, 6.45) is 4.12. The number of imidazole rings is 1. The molecule has 7 heteroatoms. The largest absolute Gasteiger partial charge is 0.340 e. The fraction of sp³-hybridized carbons (Fsp3) is 0.690. The van der Waals surface area contributed by atoms with Gasteiger partial charge in [-0.1, -0.05) is 47.6 Å². The minimum atomic E-state index is 0.0207. The highest BCUT2D eigenvalue weighted by molar-refractivity contribution is 5.80. The molecule has 0 saturated carbocycles. The fourth-order valence-corrected chi connectivity index (χ4v) is 5.47. The minimum absolute atomic E-state index is 0.0207. The predicted octanol–water partition coefficient (Wildman–Crippen LogP) is 4.89. The standard InChI is InChI=1S/C29H45N5O2/c1-18(2)20(5)28(35)33-13-7-9-23(33)17-30-16-22-11-12-24-25(15-22)32-27(31-24)26-10-8-14-34(26)29(36)21(6)19(3)4/h11-12,15,18-21,23,26,30H,7-10,13-14,16-17H2,1-6H3,(H,31,32)/t20-,21-,23-,26-/m0/s1. The molecule has 198 valence electrons. The van der Waals surface area contributed by atoms with Gasteiger partial charge in [-0.25, -0.2) is 4.98 Å². The third-order valence-corrected chi connectivity index (χ3v) is 8.57. The molecule has 2 aliphatic heterocycles. The molecule has 0 bridgehead atoms. The van der Waals surface area contributed by atoms with Gasteiger partial charge in [0.15, 0.2) is 0 Å². The molecule has 2 N–H and O–H groups in total. The number of amides is 2. The smallest absolute Gasteiger partial charge is 0.226 e. The van der Waals surface area contributed by atoms with Gasteiger partial charge in [0.25, 0.3) is 0 Å². The number of aromatic amines is 1. The Morgan fingerprint density at radius 3 is 2.31 bits per heavy atom. The first-order chi connectivity index (χ1) is 17.2. The van der Waals surface area contributed by atoms with Gasteiger partial charge >= 0.3 is 0 Å². The van der Waals surface area contributed by atoms with Crippen molar-refractivity contribution in [3.05, 3.63) is 29.6 Å². The molecule has 2 aliphatic rings. The van der Waals surface area contributed by atoms with E-state index in [2.05, 4.69) is 68.0 Å². The van der Waals surface area contributed by atoms with Crippen LogP contribution in [0.4, 0.5) is 0 Å². The maximum Gasteiger partial charge on any atom is 0.226 e. The number of hydrogen-bond acceptors (Lipinski definition) is 4. The quantitative estimate of drug-likeness (QED) is 0.519. The second-order valence-corrected chi connectivity index (χ2v) is 11.7. The van der Waals surface area contributed by atoms with E-state index in [1.165, 1.54) is 5.56 Å². The van der Waals surface area contributed by atoms with E-state index in [-0.39, 0.29) is 29.8 Å². The molecule has 36 heavy (non-hydrogen) atoms. The van der Waals surface area contributed by atoms with Crippen molar-refractivity contribution in [1.82, 2.24) is 25.1 Å². The number of nitrogens with zero attached hydrogens (tertiary/aromatic N) is 3. The molecule has 2 amide bonds. The Bertz CT molecular complexity index is 1060. The number of H-pyrrole nitrogens is 1. The molecular formula is C29H45N5O2. The van der Waals surface area contributed by atoms with Crippen LogP contribution in [0.2, 0.25) is 0 Å². The molecule has 3 heterocycles. The molecule has 7 nitrogen and oxygen atoms in total. The van der Waals surface area contributed by atoms with E-state index in [9.17, 15) is 9.59 Å². The van der Waals surface area contributed by atoms with Crippen molar-refractivity contribution in [2.24, 2.45) is 23.7 Å². The van der Waals surface area contributed by atoms with Crippen LogP contribution in [-0.4, -0.2) is 57.3 Å². The van der Waals surface area contributed by atoms with E-state index < -0.39 is 0 Å². The Morgan fingerprint density at radius 1 is 0.972 bits per heavy atom. The zero-order valence-electron chi connectivity index (χ0n) is 23.0. The molecule has 4 rings (SSSR count). The number of aromatic nitrogens is 2. The number of carbonyl (C=O) groups is 2. The van der Waals surface area contributed by atoms with Gasteiger partial charge in [0, 0.05) is 44.1 Å². The lowest BCUT2D eigenvalue weighted by Gasteiger charge is -2.29. The number of carbonyl (C=O) groups excluding carboxylic acids is 2. The van der Waals surface area contributed by atoms with Crippen LogP contribution < -0.4 is 5.32 Å². The first kappa shape index (κ1) is 26.6. The van der Waals surface area contributed by atoms with Gasteiger partial charge in [-0.3, -0.25) is 9.59 Å². The van der Waals surface area contributed by atoms with Gasteiger partial charge in [0.05, 0.1) is 17.1 Å². The van der Waals surface area contributed by atoms with Crippen LogP contribution in [0.5, 0.6) is 0 Å². The lowest BCUT2D eigenvalue weighted by atomic mass is 9.96. The molecule has 1 aromatic carbocycles. The maximum atomic E-state index is 13.1. The molecule has 2 fully saturated rings. The van der Waals surface area contributed by atoms with Crippen LogP contribution in [0.25, 0.3) is 11.0 Å². The third-order valence-electron chi connectivity index (χ3n) is 8.57. The summed E-state index contributed by atoms with van der Waals surface area (Å²) in [5.74, 6) is 2.22. The Morgan fingerprint density at radius 2 is 1.61 bits per heavy atom. The Kier molecular flexibility index (Phi) is 8.38. The Hall–Kier alpha value is -2.41. The summed E-state index contributed by atoms with van der Waals surface area (Å²) >= 11 is 0. The van der Waals surface area contributed by atoms with E-state index in [1.807, 2.05) is 11.8 Å². The fourth-order valence-electron chi connectivity index (χ4n) is 5.47. The highest BCUT2D eigenvalue weighted by Crippen LogP contribution is 2.33. The first-order valence-corrected chi connectivity index (χ1v) is 14.0. The van der Waals surface area contributed by atoms with Gasteiger partial charge in [-0.2, -0.15) is 0 Å². The average molecular weight is 496 g/mol. The van der Waals surface area contributed by atoms with Crippen molar-refractivity contribution in [1.29, 1.82) is 0 Å². The van der Waals surface area contributed by atoms with Crippen LogP contribution in [0.3, 0.4) is 0 Å². The predicted molar refractivity (Wildman–Crippen MR) is 144 cm³/mol. The first-order valence-electron chi connectivity index (χ1n) is 14.0. The molecule has 0 unspecified atom stereocenters. The second kappa shape index (κ2) is 11.3. The number of fused-ring (bicyclic) bond motifs is 1. The summed E-state index contributed by atoms with van der Waals surface area (Å²) in [5, 5.41) is 3.58. The SMILES string of the molecule is CC(C)[C@H](C)C(=O)N1CCC[C@H]1CNCc1ccc2[nH]c([C@@H]3CCCN3C(=O)[C@@H](C)C(C)C)nc2c1. The van der Waals surface area contributed by atoms with Crippen LogP contribution in [-0.2, 0) is 16.1 Å². The van der Waals surface area contributed by atoms with E-state index in [0.29, 0.717) is 17.7 Å². The zero-order valence-corrected chi connectivity index (χ0v) is 23.0. The molecule has 4 atom stereocenters. The lowest BCUT2D eigenvalue weighted by molar-refractivity contribution is -0.138. The second-order valence-electron chi connectivity index (χ2n) is 11.7. The average Bonchev–Trinajstić information content (AvgIpc) is 3.60. The number of nitrogens with one attached hydrogen (secondary N) is 2. The summed E-state index contributed by atoms with van der Waals surface area (Å²) in [6, 6.07) is 6.67. The van der Waals surface area contributed by atoms with Gasteiger partial charge in [-0.05, 0) is 55.2 Å². The topological polar surface area (TPSA) is 81.3 Å². The zero-order chi connectivity index (χ0) is 26.0. The number of rotatable bonds is 9. The molecule has 0 radical (unpaired) electrons. The van der Waals surface area contributed by atoms with Gasteiger partial charge < -0.3 is 20.1 Å². The van der Waals surface area contributed by atoms with E-state index in [1.54, 1.807) is 0 Å². The number of hydrogen-bond donors (Lipinski definition) is 2. The summed E-state index contributed by atoms with van der Waals surface area (Å²) in [7, 11) is 0. The summed E-state index contributed by atoms with van der Waals surface area (Å²) in [6.45, 7) is 15.8. The van der Waals surface area contributed by atoms with E-state index >= 15 is 0 Å². The number of likely N-dealkylation sites (tertiary alicyclic amines) is 2. The molecule has 0 aliphatic carbocycles. The van der Waals surface area contributed by atoms with Crippen molar-refractivity contribution in [3.8, 4) is 0 Å². The monoisotopic (exact) mass is 495 g/mol. The van der Waals surface area contributed by atoms with Gasteiger partial charge in [0.2, 0.25) is 11.8 Å². The Labute approximate surface area is 216 Å². The maximum absolute atomic E-state index is 13.1. The van der Waals surface area contributed by atoms with Crippen LogP contribution in [0.1, 0.15) is 84.7 Å². The summed E-state index contributed by atoms with van der Waals surface area (Å²) < 4.78 is 0. The summed E-state index contributed by atoms with van der Waals surface area (Å²) in [4.78, 5) is 38.5. The molecular weight excluding hydrogens is 450 g/mol. The van der Waals surface area contributed by atoms with E-state index in [4.69, 9.17) is 4.98 Å². The summed E-state index contributed by atoms with van der Waals surface area (Å²) in [5.41, 5.74) is 3.14. The van der Waals surface area contributed by atoms with Crippen molar-refractivity contribution in [2.45, 2.75) is 85.9 Å². The lowest BCUT2D eigenvalue weighted by Crippen LogP contribution is -2.44. The van der Waals surface area contributed by atoms with Crippen molar-refractivity contribution >= 4 is 22.8 Å². The molecule has 1 aromatic heterocycles. The Balaban J connectivity index is 1.38. The van der Waals surface area contributed by atoms with Crippen molar-refractivity contribution < 1.29 is 9.59 Å².